The van der Waals surface area contributed by atoms with Crippen molar-refractivity contribution in [2.24, 2.45) is 11.8 Å². The number of carbonyl (C=O) groups is 2. The molecule has 128 valence electrons. The molecule has 3 unspecified atom stereocenters. The van der Waals surface area contributed by atoms with Crippen LogP contribution in [-0.4, -0.2) is 41.5 Å². The van der Waals surface area contributed by atoms with Gasteiger partial charge in [-0.25, -0.2) is 0 Å². The number of hydrogen-bond donors (Lipinski definition) is 2. The zero-order valence-electron chi connectivity index (χ0n) is 13.8. The van der Waals surface area contributed by atoms with Gasteiger partial charge in [0.05, 0.1) is 12.0 Å². The fourth-order valence-electron chi connectivity index (χ4n) is 2.80. The van der Waals surface area contributed by atoms with E-state index in [9.17, 15) is 14.7 Å². The largest absolute Gasteiger partial charge is 0.387 e. The number of amides is 2. The van der Waals surface area contributed by atoms with Gasteiger partial charge in [0.2, 0.25) is 11.8 Å². The van der Waals surface area contributed by atoms with E-state index in [4.69, 9.17) is 0 Å². The second kappa shape index (κ2) is 8.45. The molecular formula is C17H26N2O3S. The number of aliphatic hydroxyl groups excluding tert-OH is 1. The predicted octanol–water partition coefficient (Wildman–Crippen LogP) is 2.18. The normalized spacial score (nSPS) is 20.8. The lowest BCUT2D eigenvalue weighted by Gasteiger charge is -2.33. The van der Waals surface area contributed by atoms with E-state index in [-0.39, 0.29) is 30.2 Å². The van der Waals surface area contributed by atoms with Crippen molar-refractivity contribution in [1.29, 1.82) is 0 Å². The van der Waals surface area contributed by atoms with Crippen LogP contribution in [0.2, 0.25) is 0 Å². The molecule has 0 aromatic carbocycles. The van der Waals surface area contributed by atoms with Gasteiger partial charge in [-0.3, -0.25) is 9.59 Å². The molecule has 2 N–H and O–H groups in total. The summed E-state index contributed by atoms with van der Waals surface area (Å²) in [6, 6.07) is 1.86. The Balaban J connectivity index is 1.83. The van der Waals surface area contributed by atoms with E-state index < -0.39 is 6.10 Å². The Morgan fingerprint density at radius 2 is 2.30 bits per heavy atom. The molecule has 2 heterocycles. The molecule has 1 aromatic heterocycles. The molecule has 2 amide bonds. The first-order valence-corrected chi connectivity index (χ1v) is 9.23. The van der Waals surface area contributed by atoms with Crippen LogP contribution in [0.1, 0.15) is 44.8 Å². The first kappa shape index (κ1) is 17.9. The minimum Gasteiger partial charge on any atom is -0.387 e. The molecule has 0 saturated carbocycles. The lowest BCUT2D eigenvalue weighted by Crippen LogP contribution is -2.47. The predicted molar refractivity (Wildman–Crippen MR) is 91.0 cm³/mol. The number of nitrogens with zero attached hydrogens (tertiary/aromatic N) is 1. The van der Waals surface area contributed by atoms with Gasteiger partial charge in [-0.2, -0.15) is 11.3 Å². The Morgan fingerprint density at radius 1 is 1.52 bits per heavy atom. The van der Waals surface area contributed by atoms with E-state index in [1.54, 1.807) is 0 Å². The van der Waals surface area contributed by atoms with Crippen molar-refractivity contribution >= 4 is 23.2 Å². The van der Waals surface area contributed by atoms with Gasteiger partial charge in [-0.1, -0.05) is 13.8 Å². The maximum absolute atomic E-state index is 12.3. The third-order valence-corrected chi connectivity index (χ3v) is 5.24. The van der Waals surface area contributed by atoms with Gasteiger partial charge in [0.25, 0.3) is 0 Å². The SMILES string of the molecule is CCC(C)C(=O)N1CCCC(C(=O)NCC(O)c2ccsc2)C1. The molecule has 2 rings (SSSR count). The summed E-state index contributed by atoms with van der Waals surface area (Å²) in [6.45, 7) is 5.38. The van der Waals surface area contributed by atoms with E-state index in [1.165, 1.54) is 11.3 Å². The third-order valence-electron chi connectivity index (χ3n) is 4.54. The Labute approximate surface area is 141 Å². The lowest BCUT2D eigenvalue weighted by molar-refractivity contribution is -0.139. The van der Waals surface area contributed by atoms with E-state index in [0.29, 0.717) is 6.54 Å². The molecule has 0 bridgehead atoms. The molecule has 0 spiro atoms. The van der Waals surface area contributed by atoms with Gasteiger partial charge in [0, 0.05) is 25.6 Å². The van der Waals surface area contributed by atoms with Gasteiger partial charge in [0.1, 0.15) is 0 Å². The summed E-state index contributed by atoms with van der Waals surface area (Å²) in [4.78, 5) is 26.4. The fourth-order valence-corrected chi connectivity index (χ4v) is 3.51. The molecule has 0 aliphatic carbocycles. The molecule has 23 heavy (non-hydrogen) atoms. The number of aliphatic hydroxyl groups is 1. The van der Waals surface area contributed by atoms with Crippen LogP contribution in [0, 0.1) is 11.8 Å². The summed E-state index contributed by atoms with van der Waals surface area (Å²) >= 11 is 1.52. The highest BCUT2D eigenvalue weighted by Gasteiger charge is 2.30. The summed E-state index contributed by atoms with van der Waals surface area (Å²) in [7, 11) is 0. The van der Waals surface area contributed by atoms with Crippen molar-refractivity contribution in [3.63, 3.8) is 0 Å². The molecule has 3 atom stereocenters. The van der Waals surface area contributed by atoms with Gasteiger partial charge in [-0.05, 0) is 41.7 Å². The zero-order valence-corrected chi connectivity index (χ0v) is 14.6. The van der Waals surface area contributed by atoms with Gasteiger partial charge < -0.3 is 15.3 Å². The van der Waals surface area contributed by atoms with Crippen molar-refractivity contribution in [1.82, 2.24) is 10.2 Å². The van der Waals surface area contributed by atoms with Crippen molar-refractivity contribution in [3.8, 4) is 0 Å². The van der Waals surface area contributed by atoms with Crippen LogP contribution in [0.15, 0.2) is 16.8 Å². The highest BCUT2D eigenvalue weighted by molar-refractivity contribution is 7.07. The average Bonchev–Trinajstić information content (AvgIpc) is 3.12. The Kier molecular flexibility index (Phi) is 6.59. The first-order chi connectivity index (χ1) is 11.0. The summed E-state index contributed by atoms with van der Waals surface area (Å²) in [6.07, 6.45) is 1.79. The Bertz CT molecular complexity index is 518. The van der Waals surface area contributed by atoms with E-state index in [0.717, 1.165) is 31.4 Å². The summed E-state index contributed by atoms with van der Waals surface area (Å²) in [5.41, 5.74) is 0.826. The van der Waals surface area contributed by atoms with Crippen LogP contribution in [0.5, 0.6) is 0 Å². The lowest BCUT2D eigenvalue weighted by atomic mass is 9.95. The molecule has 1 aliphatic rings. The third kappa shape index (κ3) is 4.78. The molecule has 1 aromatic rings. The monoisotopic (exact) mass is 338 g/mol. The zero-order chi connectivity index (χ0) is 16.8. The average molecular weight is 338 g/mol. The number of likely N-dealkylation sites (tertiary alicyclic amines) is 1. The van der Waals surface area contributed by atoms with Crippen LogP contribution < -0.4 is 5.32 Å². The van der Waals surface area contributed by atoms with E-state index in [1.807, 2.05) is 35.6 Å². The Morgan fingerprint density at radius 3 is 2.96 bits per heavy atom. The van der Waals surface area contributed by atoms with Crippen molar-refractivity contribution in [3.05, 3.63) is 22.4 Å². The van der Waals surface area contributed by atoms with Crippen molar-refractivity contribution < 1.29 is 14.7 Å². The number of carbonyl (C=O) groups excluding carboxylic acids is 2. The molecule has 1 saturated heterocycles. The molecular weight excluding hydrogens is 312 g/mol. The van der Waals surface area contributed by atoms with Gasteiger partial charge in [-0.15, -0.1) is 0 Å². The molecule has 0 radical (unpaired) electrons. The highest BCUT2D eigenvalue weighted by Crippen LogP contribution is 2.20. The second-order valence-electron chi connectivity index (χ2n) is 6.25. The maximum Gasteiger partial charge on any atom is 0.225 e. The van der Waals surface area contributed by atoms with Crippen LogP contribution in [0.3, 0.4) is 0 Å². The van der Waals surface area contributed by atoms with Crippen molar-refractivity contribution in [2.45, 2.75) is 39.2 Å². The molecule has 1 fully saturated rings. The molecule has 6 heteroatoms. The van der Waals surface area contributed by atoms with Crippen molar-refractivity contribution in [2.75, 3.05) is 19.6 Å². The van der Waals surface area contributed by atoms with Gasteiger partial charge in [0.15, 0.2) is 0 Å². The number of rotatable bonds is 6. The maximum atomic E-state index is 12.3. The quantitative estimate of drug-likeness (QED) is 0.835. The summed E-state index contributed by atoms with van der Waals surface area (Å²) in [5.74, 6) is -0.0899. The molecule has 5 nitrogen and oxygen atoms in total. The fraction of sp³-hybridized carbons (Fsp3) is 0.647. The topological polar surface area (TPSA) is 69.6 Å². The van der Waals surface area contributed by atoms with E-state index in [2.05, 4.69) is 5.32 Å². The summed E-state index contributed by atoms with van der Waals surface area (Å²) in [5, 5.41) is 16.6. The molecule has 1 aliphatic heterocycles. The van der Waals surface area contributed by atoms with E-state index >= 15 is 0 Å². The van der Waals surface area contributed by atoms with Crippen LogP contribution in [0.4, 0.5) is 0 Å². The smallest absolute Gasteiger partial charge is 0.225 e. The number of hydrogen-bond acceptors (Lipinski definition) is 4. The number of piperidine rings is 1. The Hall–Kier alpha value is -1.40. The van der Waals surface area contributed by atoms with Crippen LogP contribution >= 0.6 is 11.3 Å². The summed E-state index contributed by atoms with van der Waals surface area (Å²) < 4.78 is 0. The second-order valence-corrected chi connectivity index (χ2v) is 7.03. The minimum absolute atomic E-state index is 0.0113. The first-order valence-electron chi connectivity index (χ1n) is 8.29. The van der Waals surface area contributed by atoms with Crippen LogP contribution in [0.25, 0.3) is 0 Å². The standard InChI is InChI=1S/C17H26N2O3S/c1-3-12(2)17(22)19-7-4-5-13(10-19)16(21)18-9-15(20)14-6-8-23-11-14/h6,8,11-13,15,20H,3-5,7,9-10H2,1-2H3,(H,18,21). The van der Waals surface area contributed by atoms with Gasteiger partial charge >= 0.3 is 0 Å². The number of nitrogens with one attached hydrogen (secondary N) is 1. The van der Waals surface area contributed by atoms with Crippen LogP contribution in [-0.2, 0) is 9.59 Å². The number of thiophene rings is 1. The highest BCUT2D eigenvalue weighted by atomic mass is 32.1. The minimum atomic E-state index is -0.674.